The molecule has 1 aromatic rings. The van der Waals surface area contributed by atoms with E-state index in [2.05, 4.69) is 24.4 Å². The van der Waals surface area contributed by atoms with Crippen molar-refractivity contribution < 1.29 is 4.79 Å². The molecule has 4 heteroatoms. The van der Waals surface area contributed by atoms with Gasteiger partial charge in [-0.25, -0.2) is 0 Å². The standard InChI is InChI=1S/C17H26N2O.ClH/c1-12-7-9-14(10-8-12)17(2,3)16(20)19-15-6-4-5-13(15)11-18;/h7-10,13,15H,4-6,11,18H2,1-3H3,(H,19,20);1H. The van der Waals surface area contributed by atoms with Crippen LogP contribution in [0.5, 0.6) is 0 Å². The quantitative estimate of drug-likeness (QED) is 0.898. The van der Waals surface area contributed by atoms with E-state index in [0.717, 1.165) is 24.8 Å². The van der Waals surface area contributed by atoms with E-state index < -0.39 is 5.41 Å². The van der Waals surface area contributed by atoms with Gasteiger partial charge < -0.3 is 11.1 Å². The summed E-state index contributed by atoms with van der Waals surface area (Å²) >= 11 is 0. The first-order valence-corrected chi connectivity index (χ1v) is 7.53. The Balaban J connectivity index is 0.00000220. The number of aryl methyl sites for hydroxylation is 1. The highest BCUT2D eigenvalue weighted by Crippen LogP contribution is 2.28. The van der Waals surface area contributed by atoms with Gasteiger partial charge in [0.1, 0.15) is 0 Å². The van der Waals surface area contributed by atoms with E-state index in [4.69, 9.17) is 5.73 Å². The summed E-state index contributed by atoms with van der Waals surface area (Å²) in [4.78, 5) is 12.6. The molecule has 1 fully saturated rings. The molecule has 3 nitrogen and oxygen atoms in total. The molecular weight excluding hydrogens is 284 g/mol. The topological polar surface area (TPSA) is 55.1 Å². The van der Waals surface area contributed by atoms with Crippen LogP contribution in [0.3, 0.4) is 0 Å². The van der Waals surface area contributed by atoms with E-state index in [1.54, 1.807) is 0 Å². The van der Waals surface area contributed by atoms with Crippen molar-refractivity contribution in [2.24, 2.45) is 11.7 Å². The summed E-state index contributed by atoms with van der Waals surface area (Å²) in [7, 11) is 0. The molecule has 0 aromatic heterocycles. The Morgan fingerprint density at radius 1 is 1.29 bits per heavy atom. The van der Waals surface area contributed by atoms with Crippen LogP contribution in [0.2, 0.25) is 0 Å². The molecule has 0 spiro atoms. The Bertz CT molecular complexity index is 470. The van der Waals surface area contributed by atoms with Crippen molar-refractivity contribution in [3.8, 4) is 0 Å². The maximum Gasteiger partial charge on any atom is 0.230 e. The fourth-order valence-corrected chi connectivity index (χ4v) is 2.96. The Morgan fingerprint density at radius 2 is 1.90 bits per heavy atom. The van der Waals surface area contributed by atoms with Crippen LogP contribution < -0.4 is 11.1 Å². The molecule has 1 amide bonds. The lowest BCUT2D eigenvalue weighted by molar-refractivity contribution is -0.126. The summed E-state index contributed by atoms with van der Waals surface area (Å²) in [6.07, 6.45) is 3.35. The summed E-state index contributed by atoms with van der Waals surface area (Å²) in [5.74, 6) is 0.541. The molecule has 21 heavy (non-hydrogen) atoms. The molecule has 0 saturated heterocycles. The van der Waals surface area contributed by atoms with Crippen LogP contribution in [0, 0.1) is 12.8 Å². The van der Waals surface area contributed by atoms with Crippen molar-refractivity contribution >= 4 is 18.3 Å². The highest BCUT2D eigenvalue weighted by atomic mass is 35.5. The molecule has 118 valence electrons. The average Bonchev–Trinajstić information content (AvgIpc) is 2.86. The van der Waals surface area contributed by atoms with Crippen molar-refractivity contribution in [2.75, 3.05) is 6.54 Å². The summed E-state index contributed by atoms with van der Waals surface area (Å²) < 4.78 is 0. The minimum Gasteiger partial charge on any atom is -0.352 e. The van der Waals surface area contributed by atoms with Gasteiger partial charge in [-0.1, -0.05) is 36.2 Å². The second-order valence-corrected chi connectivity index (χ2v) is 6.50. The van der Waals surface area contributed by atoms with Crippen LogP contribution in [0.25, 0.3) is 0 Å². The third-order valence-corrected chi connectivity index (χ3v) is 4.62. The number of benzene rings is 1. The first-order chi connectivity index (χ1) is 9.45. The fourth-order valence-electron chi connectivity index (χ4n) is 2.96. The van der Waals surface area contributed by atoms with Gasteiger partial charge in [0.25, 0.3) is 0 Å². The van der Waals surface area contributed by atoms with Gasteiger partial charge in [0, 0.05) is 6.04 Å². The normalized spacial score (nSPS) is 21.7. The minimum atomic E-state index is -0.505. The van der Waals surface area contributed by atoms with E-state index in [0.29, 0.717) is 12.5 Å². The molecule has 2 unspecified atom stereocenters. The molecule has 0 aliphatic heterocycles. The highest BCUT2D eigenvalue weighted by Gasteiger charge is 2.34. The number of carbonyl (C=O) groups excluding carboxylic acids is 1. The van der Waals surface area contributed by atoms with E-state index >= 15 is 0 Å². The van der Waals surface area contributed by atoms with Crippen LogP contribution in [0.4, 0.5) is 0 Å². The Labute approximate surface area is 134 Å². The molecule has 1 aliphatic rings. The highest BCUT2D eigenvalue weighted by molar-refractivity contribution is 5.87. The molecule has 2 atom stereocenters. The molecule has 1 aliphatic carbocycles. The van der Waals surface area contributed by atoms with E-state index in [1.807, 2.05) is 26.0 Å². The molecule has 2 rings (SSSR count). The fraction of sp³-hybridized carbons (Fsp3) is 0.588. The van der Waals surface area contributed by atoms with Gasteiger partial charge in [-0.15, -0.1) is 12.4 Å². The summed E-state index contributed by atoms with van der Waals surface area (Å²) in [6, 6.07) is 8.45. The van der Waals surface area contributed by atoms with Crippen LogP contribution in [-0.4, -0.2) is 18.5 Å². The maximum atomic E-state index is 12.6. The number of halogens is 1. The van der Waals surface area contributed by atoms with Crippen LogP contribution in [-0.2, 0) is 10.2 Å². The van der Waals surface area contributed by atoms with Gasteiger partial charge in [0.2, 0.25) is 5.91 Å². The third-order valence-electron chi connectivity index (χ3n) is 4.62. The molecular formula is C17H27ClN2O. The van der Waals surface area contributed by atoms with Crippen molar-refractivity contribution in [3.63, 3.8) is 0 Å². The Morgan fingerprint density at radius 3 is 2.48 bits per heavy atom. The zero-order valence-electron chi connectivity index (χ0n) is 13.2. The number of hydrogen-bond donors (Lipinski definition) is 2. The largest absolute Gasteiger partial charge is 0.352 e. The summed E-state index contributed by atoms with van der Waals surface area (Å²) in [5, 5.41) is 3.21. The molecule has 1 saturated carbocycles. The zero-order chi connectivity index (χ0) is 14.8. The Hall–Kier alpha value is -1.06. The monoisotopic (exact) mass is 310 g/mol. The molecule has 0 heterocycles. The van der Waals surface area contributed by atoms with Crippen LogP contribution >= 0.6 is 12.4 Å². The molecule has 1 aromatic carbocycles. The first-order valence-electron chi connectivity index (χ1n) is 7.53. The number of amides is 1. The molecule has 3 N–H and O–H groups in total. The van der Waals surface area contributed by atoms with Gasteiger partial charge in [0.05, 0.1) is 5.41 Å². The predicted molar refractivity (Wildman–Crippen MR) is 89.8 cm³/mol. The van der Waals surface area contributed by atoms with Gasteiger partial charge in [0.15, 0.2) is 0 Å². The number of rotatable bonds is 4. The lowest BCUT2D eigenvalue weighted by atomic mass is 9.83. The number of hydrogen-bond acceptors (Lipinski definition) is 2. The van der Waals surface area contributed by atoms with Crippen LogP contribution in [0.15, 0.2) is 24.3 Å². The zero-order valence-corrected chi connectivity index (χ0v) is 14.0. The van der Waals surface area contributed by atoms with Crippen molar-refractivity contribution in [1.82, 2.24) is 5.32 Å². The smallest absolute Gasteiger partial charge is 0.230 e. The SMILES string of the molecule is Cc1ccc(C(C)(C)C(=O)NC2CCCC2CN)cc1.Cl. The van der Waals surface area contributed by atoms with Gasteiger partial charge in [-0.3, -0.25) is 4.79 Å². The van der Waals surface area contributed by atoms with E-state index in [-0.39, 0.29) is 24.4 Å². The van der Waals surface area contributed by atoms with Gasteiger partial charge in [-0.2, -0.15) is 0 Å². The van der Waals surface area contributed by atoms with E-state index in [1.165, 1.54) is 5.56 Å². The van der Waals surface area contributed by atoms with Crippen LogP contribution in [0.1, 0.15) is 44.2 Å². The van der Waals surface area contributed by atoms with E-state index in [9.17, 15) is 4.79 Å². The Kier molecular flexibility index (Phi) is 6.24. The van der Waals surface area contributed by atoms with Crippen molar-refractivity contribution in [3.05, 3.63) is 35.4 Å². The number of nitrogens with two attached hydrogens (primary N) is 1. The van der Waals surface area contributed by atoms with Gasteiger partial charge >= 0.3 is 0 Å². The minimum absolute atomic E-state index is 0. The van der Waals surface area contributed by atoms with Crippen molar-refractivity contribution in [2.45, 2.75) is 51.5 Å². The van der Waals surface area contributed by atoms with Crippen molar-refractivity contribution in [1.29, 1.82) is 0 Å². The second kappa shape index (κ2) is 7.28. The summed E-state index contributed by atoms with van der Waals surface area (Å²) in [6.45, 7) is 6.69. The third kappa shape index (κ3) is 3.98. The second-order valence-electron chi connectivity index (χ2n) is 6.50. The lowest BCUT2D eigenvalue weighted by Crippen LogP contribution is -2.47. The maximum absolute atomic E-state index is 12.6. The average molecular weight is 311 g/mol. The first kappa shape index (κ1) is 18.0. The molecule has 0 radical (unpaired) electrons. The number of carbonyl (C=O) groups is 1. The lowest BCUT2D eigenvalue weighted by Gasteiger charge is -2.28. The van der Waals surface area contributed by atoms with Gasteiger partial charge in [-0.05, 0) is 51.6 Å². The predicted octanol–water partition coefficient (Wildman–Crippen LogP) is 2.94. The molecule has 0 bridgehead atoms. The number of nitrogens with one attached hydrogen (secondary N) is 1. The summed E-state index contributed by atoms with van der Waals surface area (Å²) in [5.41, 5.74) is 7.55.